The van der Waals surface area contributed by atoms with Crippen molar-refractivity contribution in [2.45, 2.75) is 26.8 Å². The first-order chi connectivity index (χ1) is 8.97. The summed E-state index contributed by atoms with van der Waals surface area (Å²) in [5.41, 5.74) is 3.34. The van der Waals surface area contributed by atoms with Gasteiger partial charge in [0.25, 0.3) is 0 Å². The van der Waals surface area contributed by atoms with Crippen molar-refractivity contribution in [1.82, 2.24) is 0 Å². The summed E-state index contributed by atoms with van der Waals surface area (Å²) in [5.74, 6) is -0.479. The van der Waals surface area contributed by atoms with Crippen LogP contribution in [0.4, 0.5) is 5.69 Å². The summed E-state index contributed by atoms with van der Waals surface area (Å²) < 4.78 is 5.29. The number of carboxylic acid groups (broad SMARTS) is 1. The number of furan rings is 1. The van der Waals surface area contributed by atoms with E-state index in [0.717, 1.165) is 11.3 Å². The Labute approximate surface area is 112 Å². The molecule has 1 heterocycles. The maximum atomic E-state index is 10.8. The topological polar surface area (TPSA) is 62.5 Å². The molecule has 1 unspecified atom stereocenters. The number of rotatable bonds is 4. The molecule has 0 fully saturated rings. The van der Waals surface area contributed by atoms with E-state index in [1.165, 1.54) is 11.6 Å². The molecule has 4 heteroatoms. The van der Waals surface area contributed by atoms with Gasteiger partial charge in [-0.3, -0.25) is 0 Å². The standard InChI is InChI=1S/C15H17NO3/c1-9-4-5-10(2)12(8-9)16-11(3)13-6-7-14(19-13)15(17)18/h4-8,11,16H,1-3H3,(H,17,18). The molecule has 1 atom stereocenters. The Bertz CT molecular complexity index is 601. The maximum Gasteiger partial charge on any atom is 0.371 e. The predicted octanol–water partition coefficient (Wildman–Crippen LogP) is 3.77. The highest BCUT2D eigenvalue weighted by Gasteiger charge is 2.14. The van der Waals surface area contributed by atoms with E-state index in [1.807, 2.05) is 20.8 Å². The number of benzene rings is 1. The fourth-order valence-corrected chi connectivity index (χ4v) is 1.90. The van der Waals surface area contributed by atoms with Gasteiger partial charge in [0.1, 0.15) is 5.76 Å². The Morgan fingerprint density at radius 2 is 2.00 bits per heavy atom. The Kier molecular flexibility index (Phi) is 3.60. The number of aromatic carboxylic acids is 1. The maximum absolute atomic E-state index is 10.8. The lowest BCUT2D eigenvalue weighted by atomic mass is 10.1. The second-order valence-corrected chi connectivity index (χ2v) is 4.69. The lowest BCUT2D eigenvalue weighted by Crippen LogP contribution is -2.07. The van der Waals surface area contributed by atoms with Crippen LogP contribution in [0, 0.1) is 13.8 Å². The van der Waals surface area contributed by atoms with E-state index in [2.05, 4.69) is 23.5 Å². The highest BCUT2D eigenvalue weighted by atomic mass is 16.4. The van der Waals surface area contributed by atoms with Gasteiger partial charge in [-0.1, -0.05) is 12.1 Å². The van der Waals surface area contributed by atoms with Crippen LogP contribution in [0.25, 0.3) is 0 Å². The molecule has 2 N–H and O–H groups in total. The molecule has 1 aromatic carbocycles. The summed E-state index contributed by atoms with van der Waals surface area (Å²) in [4.78, 5) is 10.8. The molecule has 2 rings (SSSR count). The van der Waals surface area contributed by atoms with Crippen LogP contribution in [0.5, 0.6) is 0 Å². The molecule has 0 aliphatic heterocycles. The first-order valence-electron chi connectivity index (χ1n) is 6.14. The fraction of sp³-hybridized carbons (Fsp3) is 0.267. The van der Waals surface area contributed by atoms with E-state index in [0.29, 0.717) is 5.76 Å². The third-order valence-corrected chi connectivity index (χ3v) is 3.03. The number of carboxylic acids is 1. The first kappa shape index (κ1) is 13.2. The molecule has 100 valence electrons. The molecule has 2 aromatic rings. The van der Waals surface area contributed by atoms with Crippen LogP contribution in [0.3, 0.4) is 0 Å². The molecule has 19 heavy (non-hydrogen) atoms. The lowest BCUT2D eigenvalue weighted by Gasteiger charge is -2.15. The quantitative estimate of drug-likeness (QED) is 0.877. The van der Waals surface area contributed by atoms with Crippen molar-refractivity contribution in [2.24, 2.45) is 0 Å². The summed E-state index contributed by atoms with van der Waals surface area (Å²) in [6.07, 6.45) is 0. The van der Waals surface area contributed by atoms with E-state index >= 15 is 0 Å². The van der Waals surface area contributed by atoms with Crippen molar-refractivity contribution in [3.63, 3.8) is 0 Å². The van der Waals surface area contributed by atoms with Gasteiger partial charge in [0.05, 0.1) is 6.04 Å². The van der Waals surface area contributed by atoms with Gasteiger partial charge in [0.2, 0.25) is 5.76 Å². The smallest absolute Gasteiger partial charge is 0.371 e. The predicted molar refractivity (Wildman–Crippen MR) is 73.6 cm³/mol. The number of aryl methyl sites for hydroxylation is 2. The van der Waals surface area contributed by atoms with Crippen molar-refractivity contribution in [2.75, 3.05) is 5.32 Å². The van der Waals surface area contributed by atoms with Gasteiger partial charge in [-0.2, -0.15) is 0 Å². The van der Waals surface area contributed by atoms with E-state index < -0.39 is 5.97 Å². The third-order valence-electron chi connectivity index (χ3n) is 3.03. The first-order valence-corrected chi connectivity index (χ1v) is 6.14. The minimum Gasteiger partial charge on any atom is -0.475 e. The Hall–Kier alpha value is -2.23. The average molecular weight is 259 g/mol. The van der Waals surface area contributed by atoms with Gasteiger partial charge >= 0.3 is 5.97 Å². The number of nitrogens with one attached hydrogen (secondary N) is 1. The molecule has 1 aromatic heterocycles. The summed E-state index contributed by atoms with van der Waals surface area (Å²) in [6, 6.07) is 9.24. The van der Waals surface area contributed by atoms with Crippen LogP contribution < -0.4 is 5.32 Å². The lowest BCUT2D eigenvalue weighted by molar-refractivity contribution is 0.0660. The fourth-order valence-electron chi connectivity index (χ4n) is 1.90. The van der Waals surface area contributed by atoms with Gasteiger partial charge in [-0.15, -0.1) is 0 Å². The molecule has 0 aliphatic carbocycles. The Morgan fingerprint density at radius 1 is 1.26 bits per heavy atom. The van der Waals surface area contributed by atoms with E-state index in [-0.39, 0.29) is 11.8 Å². The SMILES string of the molecule is Cc1ccc(C)c(NC(C)c2ccc(C(=O)O)o2)c1. The van der Waals surface area contributed by atoms with E-state index in [9.17, 15) is 4.79 Å². The van der Waals surface area contributed by atoms with Crippen LogP contribution in [-0.4, -0.2) is 11.1 Å². The van der Waals surface area contributed by atoms with Crippen molar-refractivity contribution < 1.29 is 14.3 Å². The minimum atomic E-state index is -1.05. The molecule has 0 radical (unpaired) electrons. The van der Waals surface area contributed by atoms with Crippen molar-refractivity contribution in [3.8, 4) is 0 Å². The number of hydrogen-bond donors (Lipinski definition) is 2. The van der Waals surface area contributed by atoms with Crippen LogP contribution in [-0.2, 0) is 0 Å². The largest absolute Gasteiger partial charge is 0.475 e. The molecule has 0 aliphatic rings. The summed E-state index contributed by atoms with van der Waals surface area (Å²) >= 11 is 0. The van der Waals surface area contributed by atoms with E-state index in [1.54, 1.807) is 6.07 Å². The highest BCUT2D eigenvalue weighted by Crippen LogP contribution is 2.24. The molecular formula is C15H17NO3. The second kappa shape index (κ2) is 5.18. The van der Waals surface area contributed by atoms with Crippen molar-refractivity contribution in [1.29, 1.82) is 0 Å². The molecule has 0 amide bonds. The van der Waals surface area contributed by atoms with Gasteiger partial charge in [0, 0.05) is 5.69 Å². The second-order valence-electron chi connectivity index (χ2n) is 4.69. The van der Waals surface area contributed by atoms with Crippen LogP contribution in [0.2, 0.25) is 0 Å². The Balaban J connectivity index is 2.17. The summed E-state index contributed by atoms with van der Waals surface area (Å²) in [6.45, 7) is 6.00. The van der Waals surface area contributed by atoms with Gasteiger partial charge in [-0.25, -0.2) is 4.79 Å². The van der Waals surface area contributed by atoms with Crippen LogP contribution >= 0.6 is 0 Å². The molecule has 0 saturated carbocycles. The van der Waals surface area contributed by atoms with Gasteiger partial charge in [0.15, 0.2) is 0 Å². The van der Waals surface area contributed by atoms with Crippen LogP contribution in [0.1, 0.15) is 40.4 Å². The average Bonchev–Trinajstić information content (AvgIpc) is 2.83. The molecular weight excluding hydrogens is 242 g/mol. The highest BCUT2D eigenvalue weighted by molar-refractivity contribution is 5.84. The normalized spacial score (nSPS) is 12.2. The molecule has 0 bridgehead atoms. The monoisotopic (exact) mass is 259 g/mol. The third kappa shape index (κ3) is 2.96. The molecule has 0 spiro atoms. The summed E-state index contributed by atoms with van der Waals surface area (Å²) in [7, 11) is 0. The van der Waals surface area contributed by atoms with E-state index in [4.69, 9.17) is 9.52 Å². The molecule has 4 nitrogen and oxygen atoms in total. The molecule has 0 saturated heterocycles. The van der Waals surface area contributed by atoms with Gasteiger partial charge < -0.3 is 14.8 Å². The van der Waals surface area contributed by atoms with Crippen LogP contribution in [0.15, 0.2) is 34.7 Å². The van der Waals surface area contributed by atoms with Crippen molar-refractivity contribution >= 4 is 11.7 Å². The number of hydrogen-bond acceptors (Lipinski definition) is 3. The number of carbonyl (C=O) groups is 1. The van der Waals surface area contributed by atoms with Gasteiger partial charge in [-0.05, 0) is 50.1 Å². The zero-order valence-corrected chi connectivity index (χ0v) is 11.2. The zero-order chi connectivity index (χ0) is 14.0. The minimum absolute atomic E-state index is 0.0374. The Morgan fingerprint density at radius 3 is 2.63 bits per heavy atom. The zero-order valence-electron chi connectivity index (χ0n) is 11.2. The summed E-state index contributed by atoms with van der Waals surface area (Å²) in [5, 5.41) is 12.2. The number of anilines is 1. The van der Waals surface area contributed by atoms with Crippen molar-refractivity contribution in [3.05, 3.63) is 53.0 Å².